The summed E-state index contributed by atoms with van der Waals surface area (Å²) in [5.74, 6) is -3.62. The number of rotatable bonds is 35. The van der Waals surface area contributed by atoms with Gasteiger partial charge in [-0.25, -0.2) is 9.59 Å². The Morgan fingerprint density at radius 2 is 0.648 bits per heavy atom. The van der Waals surface area contributed by atoms with Gasteiger partial charge in [-0.05, 0) is 78.1 Å². The third-order valence-electron chi connectivity index (χ3n) is 8.70. The van der Waals surface area contributed by atoms with Gasteiger partial charge in [0.1, 0.15) is 0 Å². The highest BCUT2D eigenvalue weighted by molar-refractivity contribution is 5.83. The van der Waals surface area contributed by atoms with Crippen LogP contribution >= 0.6 is 0 Å². The number of ether oxygens (including phenoxy) is 2. The molecule has 0 aromatic heterocycles. The highest BCUT2D eigenvalue weighted by atomic mass is 16.5. The maximum absolute atomic E-state index is 11.1. The van der Waals surface area contributed by atoms with Crippen LogP contribution in [0.25, 0.3) is 0 Å². The lowest BCUT2D eigenvalue weighted by Crippen LogP contribution is -2.39. The highest BCUT2D eigenvalue weighted by Crippen LogP contribution is 2.12. The van der Waals surface area contributed by atoms with Crippen LogP contribution < -0.4 is 0 Å². The average molecular weight is 771 g/mol. The predicted octanol–water partition coefficient (Wildman–Crippen LogP) is 11.1. The largest absolute Gasteiger partial charge is 0.479 e. The van der Waals surface area contributed by atoms with Crippen LogP contribution in [0, 0.1) is 0 Å². The maximum atomic E-state index is 11.1. The quantitative estimate of drug-likeness (QED) is 0.0276. The summed E-state index contributed by atoms with van der Waals surface area (Å²) in [6, 6.07) is 0. The zero-order valence-corrected chi connectivity index (χ0v) is 34.9. The Kier molecular flexibility index (Phi) is 47.8. The number of carboxylic acid groups (broad SMARTS) is 2. The van der Waals surface area contributed by atoms with Crippen LogP contribution in [0.5, 0.6) is 0 Å². The molecule has 2 unspecified atom stereocenters. The lowest BCUT2D eigenvalue weighted by atomic mass is 10.1. The van der Waals surface area contributed by atoms with E-state index in [2.05, 4.69) is 38.2 Å². The van der Waals surface area contributed by atoms with Crippen molar-refractivity contribution in [1.82, 2.24) is 0 Å². The van der Waals surface area contributed by atoms with Crippen LogP contribution in [0.15, 0.2) is 24.3 Å². The van der Waals surface area contributed by atoms with Crippen LogP contribution in [0.2, 0.25) is 0 Å². The van der Waals surface area contributed by atoms with Crippen molar-refractivity contribution in [2.45, 2.75) is 220 Å². The third-order valence-corrected chi connectivity index (χ3v) is 8.70. The van der Waals surface area contributed by atoms with E-state index in [0.29, 0.717) is 26.1 Å². The molecule has 0 rings (SSSR count). The molecular formula is C44H82O10. The van der Waals surface area contributed by atoms with E-state index >= 15 is 0 Å². The summed E-state index contributed by atoms with van der Waals surface area (Å²) >= 11 is 0. The zero-order chi connectivity index (χ0) is 40.9. The van der Waals surface area contributed by atoms with Gasteiger partial charge in [-0.2, -0.15) is 0 Å². The van der Waals surface area contributed by atoms with E-state index in [-0.39, 0.29) is 11.9 Å². The predicted molar refractivity (Wildman–Crippen MR) is 219 cm³/mol. The molecule has 2 atom stereocenters. The molecule has 0 saturated carbocycles. The topological polar surface area (TPSA) is 168 Å². The summed E-state index contributed by atoms with van der Waals surface area (Å²) in [5, 5.41) is 32.5. The molecule has 0 spiro atoms. The van der Waals surface area contributed by atoms with Gasteiger partial charge in [-0.1, -0.05) is 141 Å². The number of allylic oxidation sites excluding steroid dienone is 4. The van der Waals surface area contributed by atoms with Crippen molar-refractivity contribution in [1.29, 1.82) is 0 Å². The van der Waals surface area contributed by atoms with E-state index in [1.165, 1.54) is 141 Å². The Bertz CT molecular complexity index is 830. The molecule has 0 aliphatic carbocycles. The smallest absolute Gasteiger partial charge is 0.335 e. The summed E-state index contributed by atoms with van der Waals surface area (Å²) < 4.78 is 9.83. The Balaban J connectivity index is -0.000000774. The zero-order valence-electron chi connectivity index (χ0n) is 34.9. The highest BCUT2D eigenvalue weighted by Gasteiger charge is 2.29. The number of carboxylic acids is 2. The number of carbonyl (C=O) groups excluding carboxylic acids is 2. The molecule has 0 radical (unpaired) electrons. The average Bonchev–Trinajstić information content (AvgIpc) is 3.14. The first-order chi connectivity index (χ1) is 26.1. The number of hydrogen-bond donors (Lipinski definition) is 4. The van der Waals surface area contributed by atoms with Gasteiger partial charge in [0, 0.05) is 12.8 Å². The molecule has 0 saturated heterocycles. The maximum Gasteiger partial charge on any atom is 0.335 e. The fraction of sp³-hybridized carbons (Fsp3) is 0.818. The first-order valence-electron chi connectivity index (χ1n) is 21.5. The Labute approximate surface area is 329 Å². The number of aliphatic hydroxyl groups excluding tert-OH is 2. The van der Waals surface area contributed by atoms with Gasteiger partial charge in [-0.3, -0.25) is 9.59 Å². The van der Waals surface area contributed by atoms with Crippen molar-refractivity contribution in [3.8, 4) is 0 Å². The van der Waals surface area contributed by atoms with Crippen molar-refractivity contribution in [3.05, 3.63) is 24.3 Å². The van der Waals surface area contributed by atoms with E-state index < -0.39 is 24.1 Å². The standard InChI is InChI=1S/2C20H38O2.C4H6O6/c2*1-3-5-6-7-8-9-10-11-12-13-14-15-16-17-18-19-20(21)22-4-2;5-1(3(7)8)2(6)4(9)10/h2*11-12H,3-10,13-19H2,1-2H3;1-2,5-6H,(H,7,8)(H,9,10)/b2*12-11-;. The minimum absolute atomic E-state index is 0.0415. The fourth-order valence-electron chi connectivity index (χ4n) is 5.42. The lowest BCUT2D eigenvalue weighted by molar-refractivity contribution is -0.165. The van der Waals surface area contributed by atoms with E-state index in [0.717, 1.165) is 25.7 Å². The normalized spacial score (nSPS) is 12.0. The van der Waals surface area contributed by atoms with Crippen molar-refractivity contribution in [2.24, 2.45) is 0 Å². The molecular weight excluding hydrogens is 688 g/mol. The second kappa shape index (κ2) is 46.4. The van der Waals surface area contributed by atoms with E-state index in [1.807, 2.05) is 13.8 Å². The lowest BCUT2D eigenvalue weighted by Gasteiger charge is -2.07. The molecule has 10 heteroatoms. The molecule has 0 bridgehead atoms. The fourth-order valence-corrected chi connectivity index (χ4v) is 5.42. The van der Waals surface area contributed by atoms with Gasteiger partial charge in [0.25, 0.3) is 0 Å². The van der Waals surface area contributed by atoms with Gasteiger partial charge in [0.2, 0.25) is 0 Å². The van der Waals surface area contributed by atoms with Crippen LogP contribution in [0.1, 0.15) is 207 Å². The van der Waals surface area contributed by atoms with E-state index in [4.69, 9.17) is 29.9 Å². The molecule has 0 fully saturated rings. The van der Waals surface area contributed by atoms with Crippen molar-refractivity contribution in [3.63, 3.8) is 0 Å². The summed E-state index contributed by atoms with van der Waals surface area (Å²) in [5.41, 5.74) is 0. The molecule has 4 N–H and O–H groups in total. The monoisotopic (exact) mass is 771 g/mol. The first kappa shape index (κ1) is 55.6. The summed E-state index contributed by atoms with van der Waals surface area (Å²) in [7, 11) is 0. The number of aliphatic carboxylic acids is 2. The van der Waals surface area contributed by atoms with E-state index in [9.17, 15) is 19.2 Å². The Hall–Kier alpha value is -2.72. The molecule has 0 amide bonds. The SMILES string of the molecule is CCCCCCCC/C=C\CCCCCCCC(=O)OCC.CCCCCCCC/C=C\CCCCCCCC(=O)OCC.O=C(O)C(O)C(O)C(=O)O. The molecule has 0 aliphatic heterocycles. The molecule has 0 aliphatic rings. The molecule has 318 valence electrons. The van der Waals surface area contributed by atoms with Crippen LogP contribution in [0.4, 0.5) is 0 Å². The molecule has 54 heavy (non-hydrogen) atoms. The van der Waals surface area contributed by atoms with Crippen molar-refractivity contribution in [2.75, 3.05) is 13.2 Å². The van der Waals surface area contributed by atoms with Gasteiger partial charge >= 0.3 is 23.9 Å². The minimum atomic E-state index is -2.27. The van der Waals surface area contributed by atoms with Crippen molar-refractivity contribution >= 4 is 23.9 Å². The number of aliphatic hydroxyl groups is 2. The molecule has 0 aromatic rings. The van der Waals surface area contributed by atoms with Crippen LogP contribution in [-0.2, 0) is 28.7 Å². The van der Waals surface area contributed by atoms with E-state index in [1.54, 1.807) is 0 Å². The van der Waals surface area contributed by atoms with Crippen LogP contribution in [0.3, 0.4) is 0 Å². The van der Waals surface area contributed by atoms with Crippen LogP contribution in [-0.4, -0.2) is 69.7 Å². The Morgan fingerprint density at radius 1 is 0.407 bits per heavy atom. The number of esters is 2. The van der Waals surface area contributed by atoms with Gasteiger partial charge in [-0.15, -0.1) is 0 Å². The summed E-state index contributed by atoms with van der Waals surface area (Å²) in [6.45, 7) is 9.26. The van der Waals surface area contributed by atoms with Crippen molar-refractivity contribution < 1.29 is 49.1 Å². The van der Waals surface area contributed by atoms with Gasteiger partial charge in [0.05, 0.1) is 13.2 Å². The molecule has 0 heterocycles. The number of carbonyl (C=O) groups is 4. The summed E-state index contributed by atoms with van der Waals surface area (Å²) in [6.07, 6.45) is 39.5. The number of hydrogen-bond acceptors (Lipinski definition) is 8. The number of unbranched alkanes of at least 4 members (excludes halogenated alkanes) is 22. The van der Waals surface area contributed by atoms with Gasteiger partial charge < -0.3 is 29.9 Å². The molecule has 10 nitrogen and oxygen atoms in total. The first-order valence-corrected chi connectivity index (χ1v) is 21.5. The molecule has 0 aromatic carbocycles. The third kappa shape index (κ3) is 47.3. The minimum Gasteiger partial charge on any atom is -0.479 e. The Morgan fingerprint density at radius 3 is 0.889 bits per heavy atom. The second-order valence-electron chi connectivity index (χ2n) is 13.8. The second-order valence-corrected chi connectivity index (χ2v) is 13.8. The van der Waals surface area contributed by atoms with Gasteiger partial charge in [0.15, 0.2) is 12.2 Å². The summed E-state index contributed by atoms with van der Waals surface area (Å²) in [4.78, 5) is 41.8.